The van der Waals surface area contributed by atoms with Crippen molar-refractivity contribution in [2.75, 3.05) is 13.9 Å². The van der Waals surface area contributed by atoms with Crippen LogP contribution in [-0.4, -0.2) is 32.0 Å². The summed E-state index contributed by atoms with van der Waals surface area (Å²) in [7, 11) is 1.59. The first-order chi connectivity index (χ1) is 5.74. The van der Waals surface area contributed by atoms with Crippen LogP contribution in [0.15, 0.2) is 0 Å². The van der Waals surface area contributed by atoms with Crippen LogP contribution in [0.5, 0.6) is 0 Å². The zero-order valence-corrected chi connectivity index (χ0v) is 7.50. The predicted octanol–water partition coefficient (Wildman–Crippen LogP) is 0.274. The third kappa shape index (κ3) is 2.46. The fraction of sp³-hybridized carbons (Fsp3) is 0.875. The van der Waals surface area contributed by atoms with Crippen LogP contribution in [0, 0.1) is 0 Å². The van der Waals surface area contributed by atoms with Crippen molar-refractivity contribution in [2.24, 2.45) is 0 Å². The summed E-state index contributed by atoms with van der Waals surface area (Å²) in [5.41, 5.74) is 0. The zero-order valence-electron chi connectivity index (χ0n) is 7.50. The molecule has 1 amide bonds. The second-order valence-corrected chi connectivity index (χ2v) is 3.01. The van der Waals surface area contributed by atoms with E-state index in [1.54, 1.807) is 7.11 Å². The molecule has 0 aromatic rings. The first-order valence-electron chi connectivity index (χ1n) is 4.14. The maximum Gasteiger partial charge on any atom is 0.220 e. The highest BCUT2D eigenvalue weighted by Gasteiger charge is 2.25. The molecule has 0 saturated carbocycles. The van der Waals surface area contributed by atoms with Gasteiger partial charge in [-0.15, -0.1) is 0 Å². The van der Waals surface area contributed by atoms with Crippen molar-refractivity contribution >= 4 is 5.91 Å². The number of amides is 1. The molecule has 2 atom stereocenters. The largest absolute Gasteiger partial charge is 0.359 e. The molecule has 1 saturated heterocycles. The molecule has 4 nitrogen and oxygen atoms in total. The Morgan fingerprint density at radius 3 is 3.00 bits per heavy atom. The summed E-state index contributed by atoms with van der Waals surface area (Å²) in [6.07, 6.45) is 1.44. The van der Waals surface area contributed by atoms with Gasteiger partial charge in [-0.25, -0.2) is 0 Å². The van der Waals surface area contributed by atoms with Gasteiger partial charge < -0.3 is 14.8 Å². The van der Waals surface area contributed by atoms with Crippen LogP contribution in [0.4, 0.5) is 0 Å². The standard InChI is InChI=1S/C8H15NO3/c1-6-7(12-5-11-2)3-4-8(10)9-6/h6-7H,3-5H2,1-2H3,(H,9,10)/t6-,7-/m0/s1. The van der Waals surface area contributed by atoms with Gasteiger partial charge in [0.15, 0.2) is 0 Å². The van der Waals surface area contributed by atoms with E-state index in [4.69, 9.17) is 9.47 Å². The maximum atomic E-state index is 10.9. The average molecular weight is 173 g/mol. The van der Waals surface area contributed by atoms with Crippen molar-refractivity contribution in [1.29, 1.82) is 0 Å². The van der Waals surface area contributed by atoms with Crippen LogP contribution >= 0.6 is 0 Å². The molecular formula is C8H15NO3. The van der Waals surface area contributed by atoms with Crippen molar-refractivity contribution in [3.05, 3.63) is 0 Å². The fourth-order valence-electron chi connectivity index (χ4n) is 1.33. The lowest BCUT2D eigenvalue weighted by molar-refractivity contribution is -0.132. The minimum Gasteiger partial charge on any atom is -0.359 e. The number of methoxy groups -OCH3 is 1. The molecule has 0 aromatic carbocycles. The second-order valence-electron chi connectivity index (χ2n) is 3.01. The minimum absolute atomic E-state index is 0.0985. The van der Waals surface area contributed by atoms with Crippen molar-refractivity contribution in [3.8, 4) is 0 Å². The molecule has 0 aliphatic carbocycles. The quantitative estimate of drug-likeness (QED) is 0.623. The van der Waals surface area contributed by atoms with E-state index in [2.05, 4.69) is 5.32 Å². The van der Waals surface area contributed by atoms with Gasteiger partial charge in [0, 0.05) is 13.5 Å². The normalized spacial score (nSPS) is 30.0. The summed E-state index contributed by atoms with van der Waals surface area (Å²) < 4.78 is 10.1. The van der Waals surface area contributed by atoms with E-state index in [-0.39, 0.29) is 18.1 Å². The summed E-state index contributed by atoms with van der Waals surface area (Å²) >= 11 is 0. The number of carbonyl (C=O) groups is 1. The molecule has 0 bridgehead atoms. The van der Waals surface area contributed by atoms with Gasteiger partial charge in [-0.1, -0.05) is 0 Å². The Morgan fingerprint density at radius 2 is 2.42 bits per heavy atom. The van der Waals surface area contributed by atoms with Gasteiger partial charge in [0.25, 0.3) is 0 Å². The molecule has 12 heavy (non-hydrogen) atoms. The van der Waals surface area contributed by atoms with Crippen LogP contribution in [0.25, 0.3) is 0 Å². The van der Waals surface area contributed by atoms with Gasteiger partial charge in [0.1, 0.15) is 6.79 Å². The van der Waals surface area contributed by atoms with Crippen LogP contribution in [0.3, 0.4) is 0 Å². The van der Waals surface area contributed by atoms with E-state index in [9.17, 15) is 4.79 Å². The number of hydrogen-bond donors (Lipinski definition) is 1. The molecule has 1 rings (SSSR count). The summed E-state index contributed by atoms with van der Waals surface area (Å²) in [5.74, 6) is 0.111. The van der Waals surface area contributed by atoms with Crippen LogP contribution in [-0.2, 0) is 14.3 Å². The summed E-state index contributed by atoms with van der Waals surface area (Å²) in [5, 5.41) is 2.82. The fourth-order valence-corrected chi connectivity index (χ4v) is 1.33. The number of ether oxygens (including phenoxy) is 2. The van der Waals surface area contributed by atoms with Gasteiger partial charge >= 0.3 is 0 Å². The first kappa shape index (κ1) is 9.48. The van der Waals surface area contributed by atoms with E-state index >= 15 is 0 Å². The van der Waals surface area contributed by atoms with E-state index in [0.29, 0.717) is 13.2 Å². The third-order valence-corrected chi connectivity index (χ3v) is 2.00. The molecular weight excluding hydrogens is 158 g/mol. The average Bonchev–Trinajstić information content (AvgIpc) is 2.03. The Morgan fingerprint density at radius 1 is 1.67 bits per heavy atom. The molecule has 0 unspecified atom stereocenters. The summed E-state index contributed by atoms with van der Waals surface area (Å²) in [6, 6.07) is 0.0985. The van der Waals surface area contributed by atoms with E-state index < -0.39 is 0 Å². The molecule has 0 aromatic heterocycles. The SMILES string of the molecule is COCO[C@H]1CCC(=O)N[C@H]1C. The summed E-state index contributed by atoms with van der Waals surface area (Å²) in [4.78, 5) is 10.9. The molecule has 0 spiro atoms. The number of hydrogen-bond acceptors (Lipinski definition) is 3. The van der Waals surface area contributed by atoms with Crippen molar-refractivity contribution in [2.45, 2.75) is 31.9 Å². The van der Waals surface area contributed by atoms with Gasteiger partial charge in [-0.3, -0.25) is 4.79 Å². The third-order valence-electron chi connectivity index (χ3n) is 2.00. The molecule has 1 heterocycles. The van der Waals surface area contributed by atoms with Crippen LogP contribution in [0.1, 0.15) is 19.8 Å². The smallest absolute Gasteiger partial charge is 0.220 e. The highest BCUT2D eigenvalue weighted by Crippen LogP contribution is 2.12. The van der Waals surface area contributed by atoms with E-state index in [0.717, 1.165) is 6.42 Å². The monoisotopic (exact) mass is 173 g/mol. The molecule has 1 N–H and O–H groups in total. The predicted molar refractivity (Wildman–Crippen MR) is 43.6 cm³/mol. The molecule has 1 aliphatic rings. The van der Waals surface area contributed by atoms with E-state index in [1.807, 2.05) is 6.92 Å². The van der Waals surface area contributed by atoms with Gasteiger partial charge in [0.05, 0.1) is 12.1 Å². The Labute approximate surface area is 72.2 Å². The Kier molecular flexibility index (Phi) is 3.49. The van der Waals surface area contributed by atoms with Crippen LogP contribution < -0.4 is 5.32 Å². The number of piperidine rings is 1. The number of nitrogens with one attached hydrogen (secondary N) is 1. The minimum atomic E-state index is 0.0985. The Hall–Kier alpha value is -0.610. The van der Waals surface area contributed by atoms with E-state index in [1.165, 1.54) is 0 Å². The van der Waals surface area contributed by atoms with Gasteiger partial charge in [-0.2, -0.15) is 0 Å². The highest BCUT2D eigenvalue weighted by atomic mass is 16.7. The lowest BCUT2D eigenvalue weighted by Crippen LogP contribution is -2.47. The number of rotatable bonds is 3. The molecule has 4 heteroatoms. The molecule has 70 valence electrons. The zero-order chi connectivity index (χ0) is 8.97. The lowest BCUT2D eigenvalue weighted by Gasteiger charge is -2.29. The second kappa shape index (κ2) is 4.42. The van der Waals surface area contributed by atoms with Crippen LogP contribution in [0.2, 0.25) is 0 Å². The molecule has 0 radical (unpaired) electrons. The van der Waals surface area contributed by atoms with Crippen molar-refractivity contribution < 1.29 is 14.3 Å². The van der Waals surface area contributed by atoms with Gasteiger partial charge in [0.2, 0.25) is 5.91 Å². The maximum absolute atomic E-state index is 10.9. The van der Waals surface area contributed by atoms with Crippen molar-refractivity contribution in [1.82, 2.24) is 5.32 Å². The molecule has 1 fully saturated rings. The highest BCUT2D eigenvalue weighted by molar-refractivity contribution is 5.77. The Balaban J connectivity index is 2.29. The lowest BCUT2D eigenvalue weighted by atomic mass is 10.0. The number of carbonyl (C=O) groups excluding carboxylic acids is 1. The van der Waals surface area contributed by atoms with Gasteiger partial charge in [-0.05, 0) is 13.3 Å². The first-order valence-corrected chi connectivity index (χ1v) is 4.14. The molecule has 1 aliphatic heterocycles. The topological polar surface area (TPSA) is 47.6 Å². The Bertz CT molecular complexity index is 160. The summed E-state index contributed by atoms with van der Waals surface area (Å²) in [6.45, 7) is 2.24. The van der Waals surface area contributed by atoms with Crippen molar-refractivity contribution in [3.63, 3.8) is 0 Å².